The van der Waals surface area contributed by atoms with Gasteiger partial charge in [0.05, 0.1) is 25.2 Å². The van der Waals surface area contributed by atoms with Gasteiger partial charge in [0.15, 0.2) is 0 Å². The molecule has 3 atom stereocenters. The highest BCUT2D eigenvalue weighted by atomic mass is 16.5. The molecule has 130 valence electrons. The first-order valence-electron chi connectivity index (χ1n) is 9.18. The van der Waals surface area contributed by atoms with Crippen molar-refractivity contribution in [2.75, 3.05) is 13.7 Å². The second kappa shape index (κ2) is 5.08. The maximum absolute atomic E-state index is 13.2. The van der Waals surface area contributed by atoms with Crippen LogP contribution in [-0.2, 0) is 14.9 Å². The number of fused-ring (bicyclic) bond motifs is 1. The Morgan fingerprint density at radius 1 is 1.29 bits per heavy atom. The Bertz CT molecular complexity index is 703. The monoisotopic (exact) mass is 328 g/mol. The van der Waals surface area contributed by atoms with Gasteiger partial charge in [-0.2, -0.15) is 0 Å². The molecule has 2 aliphatic carbocycles. The molecule has 0 N–H and O–H groups in total. The number of ether oxygens (including phenoxy) is 2. The summed E-state index contributed by atoms with van der Waals surface area (Å²) >= 11 is 0. The molecule has 1 saturated heterocycles. The molecule has 0 unspecified atom stereocenters. The Labute approximate surface area is 144 Å². The summed E-state index contributed by atoms with van der Waals surface area (Å²) in [6, 6.07) is 4.40. The maximum Gasteiger partial charge on any atom is 0.146 e. The lowest BCUT2D eigenvalue weighted by Crippen LogP contribution is -2.61. The SMILES string of the molecule is COc1cc2c(cc1C(C)C)[C@@H]1C[C@H]3C(C)(C)CCC(=O)[C@]23CO1. The first kappa shape index (κ1) is 16.1. The summed E-state index contributed by atoms with van der Waals surface area (Å²) in [6.07, 6.45) is 2.74. The highest BCUT2D eigenvalue weighted by Crippen LogP contribution is 2.62. The van der Waals surface area contributed by atoms with Crippen molar-refractivity contribution < 1.29 is 14.3 Å². The van der Waals surface area contributed by atoms with E-state index in [9.17, 15) is 4.79 Å². The molecule has 24 heavy (non-hydrogen) atoms. The van der Waals surface area contributed by atoms with Gasteiger partial charge in [-0.3, -0.25) is 4.79 Å². The maximum atomic E-state index is 13.2. The number of Topliss-reactive ketones (excluding diaryl/α,β-unsaturated/α-hetero) is 1. The second-order valence-electron chi connectivity index (χ2n) is 8.81. The molecular weight excluding hydrogens is 300 g/mol. The fourth-order valence-corrected chi connectivity index (χ4v) is 5.44. The van der Waals surface area contributed by atoms with Crippen LogP contribution in [0.15, 0.2) is 12.1 Å². The van der Waals surface area contributed by atoms with Crippen LogP contribution in [0.5, 0.6) is 5.75 Å². The van der Waals surface area contributed by atoms with Crippen molar-refractivity contribution in [2.45, 2.75) is 64.4 Å². The Morgan fingerprint density at radius 3 is 2.71 bits per heavy atom. The molecule has 3 heteroatoms. The first-order chi connectivity index (χ1) is 11.3. The number of hydrogen-bond acceptors (Lipinski definition) is 3. The molecule has 1 spiro atoms. The Balaban J connectivity index is 1.96. The van der Waals surface area contributed by atoms with E-state index in [-0.39, 0.29) is 11.5 Å². The highest BCUT2D eigenvalue weighted by Gasteiger charge is 2.62. The van der Waals surface area contributed by atoms with E-state index in [1.54, 1.807) is 7.11 Å². The fourth-order valence-electron chi connectivity index (χ4n) is 5.44. The van der Waals surface area contributed by atoms with Crippen molar-refractivity contribution >= 4 is 5.78 Å². The average Bonchev–Trinajstić information content (AvgIpc) is 2.57. The first-order valence-corrected chi connectivity index (χ1v) is 9.18. The molecule has 2 fully saturated rings. The summed E-state index contributed by atoms with van der Waals surface area (Å²) < 4.78 is 11.9. The molecule has 0 radical (unpaired) electrons. The van der Waals surface area contributed by atoms with E-state index in [1.165, 1.54) is 16.7 Å². The van der Waals surface area contributed by atoms with Gasteiger partial charge in [0, 0.05) is 6.42 Å². The van der Waals surface area contributed by atoms with Crippen molar-refractivity contribution in [1.29, 1.82) is 0 Å². The van der Waals surface area contributed by atoms with Crippen LogP contribution in [0.2, 0.25) is 0 Å². The molecule has 2 bridgehead atoms. The van der Waals surface area contributed by atoms with Gasteiger partial charge in [0.1, 0.15) is 11.5 Å². The van der Waals surface area contributed by atoms with Gasteiger partial charge in [-0.25, -0.2) is 0 Å². The van der Waals surface area contributed by atoms with Gasteiger partial charge in [0.2, 0.25) is 0 Å². The summed E-state index contributed by atoms with van der Waals surface area (Å²) in [5, 5.41) is 0. The van der Waals surface area contributed by atoms with Gasteiger partial charge in [-0.05, 0) is 58.9 Å². The lowest BCUT2D eigenvalue weighted by atomic mass is 9.47. The van der Waals surface area contributed by atoms with E-state index < -0.39 is 5.41 Å². The molecule has 2 heterocycles. The molecule has 4 aliphatic rings. The van der Waals surface area contributed by atoms with E-state index in [2.05, 4.69) is 39.8 Å². The van der Waals surface area contributed by atoms with Crippen LogP contribution in [0.25, 0.3) is 0 Å². The van der Waals surface area contributed by atoms with Crippen LogP contribution in [0, 0.1) is 11.3 Å². The molecule has 0 amide bonds. The summed E-state index contributed by atoms with van der Waals surface area (Å²) in [6.45, 7) is 9.56. The Hall–Kier alpha value is -1.35. The quantitative estimate of drug-likeness (QED) is 0.800. The minimum absolute atomic E-state index is 0.125. The molecule has 0 aromatic heterocycles. The fraction of sp³-hybridized carbons (Fsp3) is 0.667. The van der Waals surface area contributed by atoms with Gasteiger partial charge >= 0.3 is 0 Å². The normalized spacial score (nSPS) is 33.3. The Kier molecular flexibility index (Phi) is 3.41. The van der Waals surface area contributed by atoms with E-state index >= 15 is 0 Å². The van der Waals surface area contributed by atoms with Crippen molar-refractivity contribution in [3.63, 3.8) is 0 Å². The third-order valence-electron chi connectivity index (χ3n) is 6.85. The molecule has 1 saturated carbocycles. The molecular formula is C21H28O3. The summed E-state index contributed by atoms with van der Waals surface area (Å²) in [7, 11) is 1.73. The van der Waals surface area contributed by atoms with Gasteiger partial charge in [0.25, 0.3) is 0 Å². The number of hydrogen-bond donors (Lipinski definition) is 0. The number of methoxy groups -OCH3 is 1. The molecule has 3 nitrogen and oxygen atoms in total. The minimum atomic E-state index is -0.464. The number of carbonyl (C=O) groups excluding carboxylic acids is 1. The van der Waals surface area contributed by atoms with Gasteiger partial charge in [-0.15, -0.1) is 0 Å². The van der Waals surface area contributed by atoms with E-state index in [1.807, 2.05) is 0 Å². The van der Waals surface area contributed by atoms with E-state index in [0.717, 1.165) is 18.6 Å². The minimum Gasteiger partial charge on any atom is -0.496 e. The zero-order chi connectivity index (χ0) is 17.3. The van der Waals surface area contributed by atoms with Crippen molar-refractivity contribution in [3.8, 4) is 5.75 Å². The lowest BCUT2D eigenvalue weighted by Gasteiger charge is -2.59. The zero-order valence-corrected chi connectivity index (χ0v) is 15.4. The standard InChI is InChI=1S/C21H28O3/c1-12(2)13-8-14-15(9-16(13)23-5)21-11-24-17(14)10-18(21)20(3,4)7-6-19(21)22/h8-9,12,17-18H,6-7,10-11H2,1-5H3/t17-,18-,21+/m0/s1. The van der Waals surface area contributed by atoms with Crippen molar-refractivity contribution in [2.24, 2.45) is 11.3 Å². The van der Waals surface area contributed by atoms with Crippen LogP contribution in [0.4, 0.5) is 0 Å². The van der Waals surface area contributed by atoms with Crippen LogP contribution in [0.1, 0.15) is 75.7 Å². The topological polar surface area (TPSA) is 35.5 Å². The third-order valence-corrected chi connectivity index (χ3v) is 6.85. The summed E-state index contributed by atoms with van der Waals surface area (Å²) in [4.78, 5) is 13.2. The number of rotatable bonds is 2. The lowest BCUT2D eigenvalue weighted by molar-refractivity contribution is -0.162. The molecule has 5 rings (SSSR count). The number of ketones is 1. The van der Waals surface area contributed by atoms with Crippen LogP contribution >= 0.6 is 0 Å². The average molecular weight is 328 g/mol. The number of carbonyl (C=O) groups is 1. The van der Waals surface area contributed by atoms with Crippen LogP contribution < -0.4 is 4.74 Å². The van der Waals surface area contributed by atoms with Crippen LogP contribution in [0.3, 0.4) is 0 Å². The van der Waals surface area contributed by atoms with E-state index in [0.29, 0.717) is 30.6 Å². The smallest absolute Gasteiger partial charge is 0.146 e. The Morgan fingerprint density at radius 2 is 2.04 bits per heavy atom. The van der Waals surface area contributed by atoms with Crippen molar-refractivity contribution in [3.05, 3.63) is 28.8 Å². The predicted octanol–water partition coefficient (Wildman–Crippen LogP) is 4.54. The van der Waals surface area contributed by atoms with Crippen molar-refractivity contribution in [1.82, 2.24) is 0 Å². The van der Waals surface area contributed by atoms with Gasteiger partial charge < -0.3 is 9.47 Å². The second-order valence-corrected chi connectivity index (χ2v) is 8.81. The summed E-state index contributed by atoms with van der Waals surface area (Å²) in [5.41, 5.74) is 3.34. The largest absolute Gasteiger partial charge is 0.496 e. The number of benzene rings is 1. The van der Waals surface area contributed by atoms with Gasteiger partial charge in [-0.1, -0.05) is 27.7 Å². The predicted molar refractivity (Wildman–Crippen MR) is 93.6 cm³/mol. The van der Waals surface area contributed by atoms with E-state index in [4.69, 9.17) is 9.47 Å². The third kappa shape index (κ3) is 1.91. The highest BCUT2D eigenvalue weighted by molar-refractivity contribution is 5.93. The molecule has 2 aliphatic heterocycles. The van der Waals surface area contributed by atoms with Crippen LogP contribution in [-0.4, -0.2) is 19.5 Å². The molecule has 1 aromatic rings. The summed E-state index contributed by atoms with van der Waals surface area (Å²) in [5.74, 6) is 2.04. The molecule has 1 aromatic carbocycles. The zero-order valence-electron chi connectivity index (χ0n) is 15.4.